The topological polar surface area (TPSA) is 23.5 Å². The van der Waals surface area contributed by atoms with E-state index in [9.17, 15) is 5.11 Å². The molecular formula is C17H27NO. The molecule has 0 bridgehead atoms. The van der Waals surface area contributed by atoms with E-state index in [0.717, 1.165) is 32.5 Å². The van der Waals surface area contributed by atoms with Crippen molar-refractivity contribution in [1.29, 1.82) is 0 Å². The predicted molar refractivity (Wildman–Crippen MR) is 80.3 cm³/mol. The van der Waals surface area contributed by atoms with E-state index in [2.05, 4.69) is 49.9 Å². The Bertz CT molecular complexity index is 414. The van der Waals surface area contributed by atoms with Gasteiger partial charge in [0.05, 0.1) is 5.60 Å². The van der Waals surface area contributed by atoms with Crippen molar-refractivity contribution in [2.24, 2.45) is 0 Å². The minimum Gasteiger partial charge on any atom is -0.389 e. The van der Waals surface area contributed by atoms with Crippen LogP contribution < -0.4 is 0 Å². The van der Waals surface area contributed by atoms with Crippen LogP contribution in [0.4, 0.5) is 0 Å². The smallest absolute Gasteiger partial charge is 0.0746 e. The summed E-state index contributed by atoms with van der Waals surface area (Å²) in [6.45, 7) is 11.5. The molecule has 1 atom stereocenters. The van der Waals surface area contributed by atoms with Gasteiger partial charge in [-0.3, -0.25) is 4.90 Å². The van der Waals surface area contributed by atoms with Gasteiger partial charge in [0, 0.05) is 13.1 Å². The molecule has 0 spiro atoms. The highest BCUT2D eigenvalue weighted by molar-refractivity contribution is 5.27. The third-order valence-corrected chi connectivity index (χ3v) is 3.98. The van der Waals surface area contributed by atoms with Crippen LogP contribution in [0.3, 0.4) is 0 Å². The van der Waals surface area contributed by atoms with Gasteiger partial charge in [-0.2, -0.15) is 0 Å². The lowest BCUT2D eigenvalue weighted by Gasteiger charge is -2.36. The zero-order chi connectivity index (χ0) is 14.1. The molecule has 1 fully saturated rings. The van der Waals surface area contributed by atoms with Crippen LogP contribution in [0.25, 0.3) is 0 Å². The Morgan fingerprint density at radius 3 is 2.37 bits per heavy atom. The first kappa shape index (κ1) is 14.5. The molecule has 1 unspecified atom stereocenters. The second kappa shape index (κ2) is 5.26. The van der Waals surface area contributed by atoms with Crippen molar-refractivity contribution >= 4 is 0 Å². The fourth-order valence-electron chi connectivity index (χ4n) is 2.83. The summed E-state index contributed by atoms with van der Waals surface area (Å²) < 4.78 is 0. The van der Waals surface area contributed by atoms with Crippen LogP contribution in [-0.2, 0) is 12.0 Å². The number of hydrogen-bond donors (Lipinski definition) is 1. The third kappa shape index (κ3) is 4.05. The molecule has 2 rings (SSSR count). The Kier molecular flexibility index (Phi) is 4.03. The van der Waals surface area contributed by atoms with Crippen LogP contribution in [0.1, 0.15) is 51.7 Å². The molecule has 1 saturated heterocycles. The molecule has 1 aliphatic heterocycles. The number of likely N-dealkylation sites (tertiary alicyclic amines) is 1. The van der Waals surface area contributed by atoms with Crippen LogP contribution in [0, 0.1) is 0 Å². The summed E-state index contributed by atoms with van der Waals surface area (Å²) in [5, 5.41) is 10.1. The van der Waals surface area contributed by atoms with Crippen LogP contribution in [0.2, 0.25) is 0 Å². The molecule has 1 aromatic rings. The van der Waals surface area contributed by atoms with Crippen LogP contribution in [0.5, 0.6) is 0 Å². The Hall–Kier alpha value is -0.860. The van der Waals surface area contributed by atoms with Gasteiger partial charge in [0.2, 0.25) is 0 Å². The molecule has 2 nitrogen and oxygen atoms in total. The van der Waals surface area contributed by atoms with Crippen LogP contribution in [0.15, 0.2) is 24.3 Å². The molecule has 1 heterocycles. The van der Waals surface area contributed by atoms with Gasteiger partial charge in [0.1, 0.15) is 0 Å². The van der Waals surface area contributed by atoms with Crippen molar-refractivity contribution in [2.45, 2.75) is 58.1 Å². The maximum Gasteiger partial charge on any atom is 0.0746 e. The molecule has 0 radical (unpaired) electrons. The number of β-amino-alcohol motifs (C(OH)–C–C–N with tert-alkyl or cyclic N) is 1. The average molecular weight is 261 g/mol. The van der Waals surface area contributed by atoms with Crippen molar-refractivity contribution < 1.29 is 5.11 Å². The molecule has 0 aliphatic carbocycles. The lowest BCUT2D eigenvalue weighted by atomic mass is 9.86. The minimum absolute atomic E-state index is 0.216. The summed E-state index contributed by atoms with van der Waals surface area (Å²) >= 11 is 0. The van der Waals surface area contributed by atoms with E-state index in [0.29, 0.717) is 0 Å². The summed E-state index contributed by atoms with van der Waals surface area (Å²) in [7, 11) is 0. The lowest BCUT2D eigenvalue weighted by Crippen LogP contribution is -2.45. The van der Waals surface area contributed by atoms with E-state index < -0.39 is 5.60 Å². The molecule has 1 N–H and O–H groups in total. The predicted octanol–water partition coefficient (Wildman–Crippen LogP) is 3.33. The number of rotatable bonds is 2. The number of piperidine rings is 1. The summed E-state index contributed by atoms with van der Waals surface area (Å²) in [5.74, 6) is 0. The Morgan fingerprint density at radius 1 is 1.21 bits per heavy atom. The maximum absolute atomic E-state index is 10.1. The van der Waals surface area contributed by atoms with Crippen molar-refractivity contribution in [3.8, 4) is 0 Å². The Labute approximate surface area is 117 Å². The molecular weight excluding hydrogens is 234 g/mol. The normalized spacial score (nSPS) is 25.5. The molecule has 106 valence electrons. The second-order valence-electron chi connectivity index (χ2n) is 7.26. The van der Waals surface area contributed by atoms with Gasteiger partial charge in [-0.15, -0.1) is 0 Å². The first-order chi connectivity index (χ1) is 8.76. The van der Waals surface area contributed by atoms with Gasteiger partial charge in [-0.05, 0) is 42.9 Å². The highest BCUT2D eigenvalue weighted by atomic mass is 16.3. The average Bonchev–Trinajstić information content (AvgIpc) is 2.27. The molecule has 1 aliphatic rings. The standard InChI is InChI=1S/C17H27NO/c1-16(2,3)15-8-6-14(7-9-15)12-18-11-5-10-17(4,19)13-18/h6-9,19H,5,10-13H2,1-4H3. The highest BCUT2D eigenvalue weighted by Gasteiger charge is 2.28. The van der Waals surface area contributed by atoms with E-state index in [1.807, 2.05) is 6.92 Å². The fourth-order valence-corrected chi connectivity index (χ4v) is 2.83. The quantitative estimate of drug-likeness (QED) is 0.882. The largest absolute Gasteiger partial charge is 0.389 e. The van der Waals surface area contributed by atoms with E-state index in [4.69, 9.17) is 0 Å². The monoisotopic (exact) mass is 261 g/mol. The maximum atomic E-state index is 10.1. The van der Waals surface area contributed by atoms with Crippen LogP contribution >= 0.6 is 0 Å². The van der Waals surface area contributed by atoms with Gasteiger partial charge in [-0.25, -0.2) is 0 Å². The van der Waals surface area contributed by atoms with Gasteiger partial charge >= 0.3 is 0 Å². The number of hydrogen-bond acceptors (Lipinski definition) is 2. The van der Waals surface area contributed by atoms with Gasteiger partial charge < -0.3 is 5.11 Å². The highest BCUT2D eigenvalue weighted by Crippen LogP contribution is 2.24. The van der Waals surface area contributed by atoms with E-state index in [-0.39, 0.29) is 5.41 Å². The van der Waals surface area contributed by atoms with E-state index in [1.54, 1.807) is 0 Å². The SMILES string of the molecule is CC1(O)CCCN(Cc2ccc(C(C)(C)C)cc2)C1. The summed E-state index contributed by atoms with van der Waals surface area (Å²) in [4.78, 5) is 2.36. The first-order valence-corrected chi connectivity index (χ1v) is 7.30. The van der Waals surface area contributed by atoms with Crippen LogP contribution in [-0.4, -0.2) is 28.7 Å². The molecule has 0 aromatic heterocycles. The number of nitrogens with zero attached hydrogens (tertiary/aromatic N) is 1. The zero-order valence-electron chi connectivity index (χ0n) is 12.7. The molecule has 19 heavy (non-hydrogen) atoms. The minimum atomic E-state index is -0.510. The van der Waals surface area contributed by atoms with Crippen molar-refractivity contribution in [2.75, 3.05) is 13.1 Å². The molecule has 0 amide bonds. The van der Waals surface area contributed by atoms with E-state index in [1.165, 1.54) is 11.1 Å². The molecule has 0 saturated carbocycles. The van der Waals surface area contributed by atoms with Crippen molar-refractivity contribution in [1.82, 2.24) is 4.90 Å². The van der Waals surface area contributed by atoms with Gasteiger partial charge in [-0.1, -0.05) is 45.0 Å². The molecule has 1 aromatic carbocycles. The van der Waals surface area contributed by atoms with Gasteiger partial charge in [0.15, 0.2) is 0 Å². The number of aliphatic hydroxyl groups is 1. The summed E-state index contributed by atoms with van der Waals surface area (Å²) in [6.07, 6.45) is 2.01. The van der Waals surface area contributed by atoms with Crippen molar-refractivity contribution in [3.05, 3.63) is 35.4 Å². The fraction of sp³-hybridized carbons (Fsp3) is 0.647. The summed E-state index contributed by atoms with van der Waals surface area (Å²) in [5.41, 5.74) is 2.42. The van der Waals surface area contributed by atoms with Gasteiger partial charge in [0.25, 0.3) is 0 Å². The second-order valence-corrected chi connectivity index (χ2v) is 7.26. The summed E-state index contributed by atoms with van der Waals surface area (Å²) in [6, 6.07) is 8.92. The lowest BCUT2D eigenvalue weighted by molar-refractivity contribution is -0.0181. The third-order valence-electron chi connectivity index (χ3n) is 3.98. The van der Waals surface area contributed by atoms with Crippen molar-refractivity contribution in [3.63, 3.8) is 0 Å². The van der Waals surface area contributed by atoms with E-state index >= 15 is 0 Å². The first-order valence-electron chi connectivity index (χ1n) is 7.30. The Morgan fingerprint density at radius 2 is 1.84 bits per heavy atom. The zero-order valence-corrected chi connectivity index (χ0v) is 12.7. The Balaban J connectivity index is 2.00. The number of benzene rings is 1. The molecule has 2 heteroatoms.